The van der Waals surface area contributed by atoms with Crippen molar-refractivity contribution < 1.29 is 14.1 Å². The zero-order valence-electron chi connectivity index (χ0n) is 11.1. The molecule has 0 aliphatic heterocycles. The van der Waals surface area contributed by atoms with E-state index in [1.165, 1.54) is 11.3 Å². The number of carbonyl (C=O) groups excluding carboxylic acids is 1. The van der Waals surface area contributed by atoms with Crippen LogP contribution in [0.5, 0.6) is 0 Å². The van der Waals surface area contributed by atoms with E-state index in [0.717, 1.165) is 4.88 Å². The summed E-state index contributed by atoms with van der Waals surface area (Å²) in [5, 5.41) is 6.31. The number of hydrogen-bond donors (Lipinski definition) is 0. The summed E-state index contributed by atoms with van der Waals surface area (Å²) in [5.74, 6) is 0.0353. The largest absolute Gasteiger partial charge is 0.455 e. The number of thiophene rings is 1. The van der Waals surface area contributed by atoms with Gasteiger partial charge in [-0.25, -0.2) is 4.79 Å². The Kier molecular flexibility index (Phi) is 4.47. The van der Waals surface area contributed by atoms with Crippen LogP contribution in [0, 0.1) is 0 Å². The lowest BCUT2D eigenvalue weighted by Crippen LogP contribution is -2.06. The molecule has 0 unspecified atom stereocenters. The van der Waals surface area contributed by atoms with E-state index in [4.69, 9.17) is 32.5 Å². The van der Waals surface area contributed by atoms with Gasteiger partial charge in [-0.15, -0.1) is 11.3 Å². The molecule has 0 bridgehead atoms. The first-order valence-electron chi connectivity index (χ1n) is 6.26. The van der Waals surface area contributed by atoms with Gasteiger partial charge in [-0.2, -0.15) is 0 Å². The van der Waals surface area contributed by atoms with Gasteiger partial charge in [0.1, 0.15) is 12.3 Å². The molecule has 0 amide bonds. The van der Waals surface area contributed by atoms with Crippen molar-refractivity contribution in [2.75, 3.05) is 0 Å². The van der Waals surface area contributed by atoms with Crippen LogP contribution in [0.3, 0.4) is 0 Å². The van der Waals surface area contributed by atoms with Gasteiger partial charge >= 0.3 is 5.97 Å². The Hall–Kier alpha value is -1.82. The molecule has 22 heavy (non-hydrogen) atoms. The fraction of sp³-hybridized carbons (Fsp3) is 0.0667. The van der Waals surface area contributed by atoms with Crippen molar-refractivity contribution >= 4 is 40.5 Å². The maximum Gasteiger partial charge on any atom is 0.341 e. The molecule has 1 aromatic carbocycles. The Balaban J connectivity index is 1.69. The highest BCUT2D eigenvalue weighted by Gasteiger charge is 2.17. The Labute approximate surface area is 140 Å². The average molecular weight is 354 g/mol. The van der Waals surface area contributed by atoms with E-state index in [9.17, 15) is 4.79 Å². The molecule has 0 spiro atoms. The minimum absolute atomic E-state index is 0.0186. The van der Waals surface area contributed by atoms with Crippen molar-refractivity contribution in [3.05, 3.63) is 63.1 Å². The van der Waals surface area contributed by atoms with E-state index < -0.39 is 5.97 Å². The molecule has 0 fully saturated rings. The monoisotopic (exact) mass is 353 g/mol. The van der Waals surface area contributed by atoms with Gasteiger partial charge in [-0.3, -0.25) is 0 Å². The second kappa shape index (κ2) is 6.52. The molecular weight excluding hydrogens is 345 g/mol. The van der Waals surface area contributed by atoms with Crippen LogP contribution in [-0.4, -0.2) is 11.1 Å². The number of rotatable bonds is 4. The Morgan fingerprint density at radius 3 is 2.68 bits per heavy atom. The minimum Gasteiger partial charge on any atom is -0.455 e. The van der Waals surface area contributed by atoms with Crippen LogP contribution in [0.15, 0.2) is 46.3 Å². The molecule has 0 atom stereocenters. The maximum atomic E-state index is 12.0. The van der Waals surface area contributed by atoms with E-state index in [2.05, 4.69) is 5.16 Å². The normalized spacial score (nSPS) is 10.6. The summed E-state index contributed by atoms with van der Waals surface area (Å²) >= 11 is 13.5. The number of ether oxygens (including phenoxy) is 1. The molecule has 112 valence electrons. The fourth-order valence-corrected chi connectivity index (χ4v) is 3.04. The van der Waals surface area contributed by atoms with Gasteiger partial charge in [0.2, 0.25) is 0 Å². The Morgan fingerprint density at radius 1 is 1.23 bits per heavy atom. The molecule has 2 aromatic heterocycles. The topological polar surface area (TPSA) is 52.3 Å². The van der Waals surface area contributed by atoms with Crippen molar-refractivity contribution in [3.63, 3.8) is 0 Å². The standard InChI is InChI=1S/C15H9Cl2NO3S/c16-10-3-1-4-11(17)14(10)15(19)20-8-9-7-12(21-18-9)13-5-2-6-22-13/h1-7H,8H2. The van der Waals surface area contributed by atoms with Crippen LogP contribution in [0.25, 0.3) is 10.6 Å². The average Bonchev–Trinajstić information content (AvgIpc) is 3.16. The van der Waals surface area contributed by atoms with E-state index in [-0.39, 0.29) is 22.2 Å². The molecule has 0 saturated carbocycles. The smallest absolute Gasteiger partial charge is 0.341 e. The van der Waals surface area contributed by atoms with Gasteiger partial charge < -0.3 is 9.26 Å². The van der Waals surface area contributed by atoms with Crippen LogP contribution in [0.2, 0.25) is 10.0 Å². The number of halogens is 2. The van der Waals surface area contributed by atoms with Gasteiger partial charge in [-0.05, 0) is 23.6 Å². The highest BCUT2D eigenvalue weighted by atomic mass is 35.5. The first-order chi connectivity index (χ1) is 10.6. The molecule has 7 heteroatoms. The molecular formula is C15H9Cl2NO3S. The molecule has 4 nitrogen and oxygen atoms in total. The van der Waals surface area contributed by atoms with Crippen LogP contribution in [0.4, 0.5) is 0 Å². The van der Waals surface area contributed by atoms with Gasteiger partial charge in [0.15, 0.2) is 5.76 Å². The first kappa shape index (κ1) is 15.1. The Bertz CT molecular complexity index is 779. The van der Waals surface area contributed by atoms with E-state index in [1.54, 1.807) is 24.3 Å². The summed E-state index contributed by atoms with van der Waals surface area (Å²) in [4.78, 5) is 13.0. The molecule has 0 aliphatic rings. The molecule has 2 heterocycles. The number of nitrogens with zero attached hydrogens (tertiary/aromatic N) is 1. The van der Waals surface area contributed by atoms with E-state index in [1.807, 2.05) is 17.5 Å². The third-order valence-electron chi connectivity index (χ3n) is 2.84. The third kappa shape index (κ3) is 3.16. The lowest BCUT2D eigenvalue weighted by molar-refractivity contribution is 0.0465. The quantitative estimate of drug-likeness (QED) is 0.614. The molecule has 3 aromatic rings. The van der Waals surface area contributed by atoms with E-state index >= 15 is 0 Å². The van der Waals surface area contributed by atoms with Gasteiger partial charge in [-0.1, -0.05) is 40.5 Å². The molecule has 0 aliphatic carbocycles. The first-order valence-corrected chi connectivity index (χ1v) is 7.89. The van der Waals surface area contributed by atoms with Crippen molar-refractivity contribution in [1.82, 2.24) is 5.16 Å². The predicted molar refractivity (Wildman–Crippen MR) is 85.4 cm³/mol. The van der Waals surface area contributed by atoms with Crippen molar-refractivity contribution in [3.8, 4) is 10.6 Å². The number of hydrogen-bond acceptors (Lipinski definition) is 5. The lowest BCUT2D eigenvalue weighted by Gasteiger charge is -2.06. The number of aromatic nitrogens is 1. The number of carbonyl (C=O) groups is 1. The summed E-state index contributed by atoms with van der Waals surface area (Å²) in [6.45, 7) is -0.0186. The van der Waals surface area contributed by atoms with Crippen LogP contribution in [0.1, 0.15) is 16.1 Å². The van der Waals surface area contributed by atoms with E-state index in [0.29, 0.717) is 11.5 Å². The fourth-order valence-electron chi connectivity index (χ4n) is 1.82. The molecule has 0 saturated heterocycles. The second-order valence-electron chi connectivity index (χ2n) is 4.33. The second-order valence-corrected chi connectivity index (χ2v) is 6.09. The highest BCUT2D eigenvalue weighted by molar-refractivity contribution is 7.13. The molecule has 0 radical (unpaired) electrons. The van der Waals surface area contributed by atoms with Crippen molar-refractivity contribution in [1.29, 1.82) is 0 Å². The summed E-state index contributed by atoms with van der Waals surface area (Å²) in [5.41, 5.74) is 0.660. The predicted octanol–water partition coefficient (Wildman–Crippen LogP) is 5.07. The van der Waals surface area contributed by atoms with Gasteiger partial charge in [0, 0.05) is 6.07 Å². The SMILES string of the molecule is O=C(OCc1cc(-c2cccs2)on1)c1c(Cl)cccc1Cl. The number of benzene rings is 1. The van der Waals surface area contributed by atoms with Gasteiger partial charge in [0.05, 0.1) is 20.5 Å². The van der Waals surface area contributed by atoms with Crippen LogP contribution < -0.4 is 0 Å². The summed E-state index contributed by atoms with van der Waals surface area (Å²) in [6, 6.07) is 10.4. The zero-order chi connectivity index (χ0) is 15.5. The summed E-state index contributed by atoms with van der Waals surface area (Å²) in [7, 11) is 0. The minimum atomic E-state index is -0.601. The zero-order valence-corrected chi connectivity index (χ0v) is 13.4. The third-order valence-corrected chi connectivity index (χ3v) is 4.36. The maximum absolute atomic E-state index is 12.0. The van der Waals surface area contributed by atoms with Crippen molar-refractivity contribution in [2.45, 2.75) is 6.61 Å². The van der Waals surface area contributed by atoms with Crippen molar-refractivity contribution in [2.24, 2.45) is 0 Å². The highest BCUT2D eigenvalue weighted by Crippen LogP contribution is 2.27. The summed E-state index contributed by atoms with van der Waals surface area (Å²) < 4.78 is 10.4. The molecule has 3 rings (SSSR count). The lowest BCUT2D eigenvalue weighted by atomic mass is 10.2. The number of esters is 1. The molecule has 0 N–H and O–H groups in total. The summed E-state index contributed by atoms with van der Waals surface area (Å²) in [6.07, 6.45) is 0. The van der Waals surface area contributed by atoms with Crippen LogP contribution >= 0.6 is 34.5 Å². The Morgan fingerprint density at radius 2 is 2.00 bits per heavy atom. The van der Waals surface area contributed by atoms with Gasteiger partial charge in [0.25, 0.3) is 0 Å². The van der Waals surface area contributed by atoms with Crippen LogP contribution in [-0.2, 0) is 11.3 Å².